The van der Waals surface area contributed by atoms with Crippen molar-refractivity contribution in [3.8, 4) is 0 Å². The summed E-state index contributed by atoms with van der Waals surface area (Å²) < 4.78 is 29.2. The van der Waals surface area contributed by atoms with Gasteiger partial charge in [-0.15, -0.1) is 0 Å². The van der Waals surface area contributed by atoms with Gasteiger partial charge in [-0.1, -0.05) is 95.3 Å². The third kappa shape index (κ3) is 5.80. The van der Waals surface area contributed by atoms with Gasteiger partial charge in [0.25, 0.3) is 8.32 Å². The van der Waals surface area contributed by atoms with Gasteiger partial charge < -0.3 is 33.6 Å². The second-order valence-electron chi connectivity index (χ2n) is 12.1. The van der Waals surface area contributed by atoms with Gasteiger partial charge in [-0.2, -0.15) is 0 Å². The molecule has 0 aromatic heterocycles. The second kappa shape index (κ2) is 11.7. The van der Waals surface area contributed by atoms with Crippen LogP contribution in [0.4, 0.5) is 4.79 Å². The highest BCUT2D eigenvalue weighted by Gasteiger charge is 2.55. The molecule has 0 radical (unpaired) electrons. The molecule has 2 saturated heterocycles. The van der Waals surface area contributed by atoms with Crippen molar-refractivity contribution in [2.75, 3.05) is 20.3 Å². The smallest absolute Gasteiger partial charge is 0.430 e. The largest absolute Gasteiger partial charge is 0.508 e. The predicted molar refractivity (Wildman–Crippen MR) is 150 cm³/mol. The zero-order valence-corrected chi connectivity index (χ0v) is 24.7. The van der Waals surface area contributed by atoms with E-state index >= 15 is 0 Å². The fraction of sp³-hybridized carbons (Fsp3) is 0.567. The molecule has 0 saturated carbocycles. The summed E-state index contributed by atoms with van der Waals surface area (Å²) in [5, 5.41) is 24.8. The number of cyclic esters (lactones) is 2. The minimum Gasteiger partial charge on any atom is -0.430 e. The third-order valence-corrected chi connectivity index (χ3v) is 13.2. The Morgan fingerprint density at radius 3 is 2.08 bits per heavy atom. The lowest BCUT2D eigenvalue weighted by atomic mass is 9.72. The first-order valence-electron chi connectivity index (χ1n) is 13.5. The number of methoxy groups -OCH3 is 1. The minimum absolute atomic E-state index is 0.0416. The zero-order valence-electron chi connectivity index (χ0n) is 23.7. The zero-order chi connectivity index (χ0) is 28.4. The summed E-state index contributed by atoms with van der Waals surface area (Å²) in [6, 6.07) is 20.4. The molecule has 0 unspecified atom stereocenters. The number of aliphatic hydroxyl groups excluding tert-OH is 2. The normalized spacial score (nSPS) is 28.0. The Morgan fingerprint density at radius 1 is 1.05 bits per heavy atom. The number of carbonyl (C=O) groups excluding carboxylic acids is 1. The van der Waals surface area contributed by atoms with Crippen molar-refractivity contribution in [1.82, 2.24) is 0 Å². The lowest BCUT2D eigenvalue weighted by Crippen LogP contribution is -2.68. The molecular weight excluding hydrogens is 516 g/mol. The number of hydrogen-bond acceptors (Lipinski definition) is 8. The van der Waals surface area contributed by atoms with Crippen LogP contribution in [0.2, 0.25) is 5.04 Å². The molecule has 2 fully saturated rings. The van der Waals surface area contributed by atoms with E-state index in [0.29, 0.717) is 6.42 Å². The van der Waals surface area contributed by atoms with Gasteiger partial charge in [0.1, 0.15) is 31.0 Å². The van der Waals surface area contributed by atoms with Crippen LogP contribution in [0.1, 0.15) is 41.0 Å². The highest BCUT2D eigenvalue weighted by Crippen LogP contribution is 2.42. The minimum atomic E-state index is -2.91. The van der Waals surface area contributed by atoms with E-state index in [9.17, 15) is 15.0 Å². The molecular formula is C30H42O8Si. The van der Waals surface area contributed by atoms with E-state index in [-0.39, 0.29) is 18.3 Å². The summed E-state index contributed by atoms with van der Waals surface area (Å²) in [5.41, 5.74) is -0.627. The van der Waals surface area contributed by atoms with Crippen LogP contribution in [-0.2, 0) is 23.4 Å². The van der Waals surface area contributed by atoms with E-state index < -0.39 is 56.5 Å². The van der Waals surface area contributed by atoms with Crippen molar-refractivity contribution >= 4 is 24.8 Å². The van der Waals surface area contributed by atoms with Crippen molar-refractivity contribution in [3.05, 3.63) is 60.7 Å². The lowest BCUT2D eigenvalue weighted by molar-refractivity contribution is -0.263. The first kappa shape index (κ1) is 29.7. The Hall–Kier alpha value is -2.27. The van der Waals surface area contributed by atoms with Gasteiger partial charge in [-0.3, -0.25) is 0 Å². The summed E-state index contributed by atoms with van der Waals surface area (Å²) in [6.45, 7) is 10.5. The molecule has 8 nitrogen and oxygen atoms in total. The molecule has 0 bridgehead atoms. The van der Waals surface area contributed by atoms with Crippen LogP contribution in [0.5, 0.6) is 0 Å². The molecule has 39 heavy (non-hydrogen) atoms. The van der Waals surface area contributed by atoms with Crippen molar-refractivity contribution in [1.29, 1.82) is 0 Å². The van der Waals surface area contributed by atoms with Crippen molar-refractivity contribution in [2.45, 2.75) is 82.7 Å². The van der Waals surface area contributed by atoms with Gasteiger partial charge in [-0.25, -0.2) is 4.79 Å². The molecule has 0 spiro atoms. The van der Waals surface area contributed by atoms with Crippen LogP contribution >= 0.6 is 0 Å². The van der Waals surface area contributed by atoms with Crippen LogP contribution < -0.4 is 10.4 Å². The quantitative estimate of drug-likeness (QED) is 0.358. The summed E-state index contributed by atoms with van der Waals surface area (Å²) >= 11 is 0. The molecule has 0 amide bonds. The summed E-state index contributed by atoms with van der Waals surface area (Å²) in [5.74, 6) is 0. The molecule has 2 heterocycles. The molecule has 2 aromatic rings. The number of benzene rings is 2. The number of aliphatic hydroxyl groups is 2. The van der Waals surface area contributed by atoms with E-state index in [4.69, 9.17) is 23.4 Å². The number of hydrogen-bond donors (Lipinski definition) is 2. The molecule has 2 aliphatic heterocycles. The standard InChI is InChI=1S/C30H42O8Si/c1-29(2,3)39(21-13-9-7-10-14-21,22-15-11-8-12-16-22)36-19-23(31)26-25(32)27(34-6)30(4,5)24(38-26)17-20-18-35-28(33)37-20/h7-16,20,23-27,31-32H,17-19H2,1-6H3/t20-,23+,24+,25-,26+,27+/m0/s1. The molecule has 4 rings (SSSR count). The molecule has 6 atom stereocenters. The average molecular weight is 559 g/mol. The lowest BCUT2D eigenvalue weighted by Gasteiger charge is -2.51. The van der Waals surface area contributed by atoms with Crippen molar-refractivity contribution < 1.29 is 38.4 Å². The van der Waals surface area contributed by atoms with Crippen LogP contribution in [0.25, 0.3) is 0 Å². The Balaban J connectivity index is 1.62. The molecule has 2 aromatic carbocycles. The number of carbonyl (C=O) groups is 1. The second-order valence-corrected chi connectivity index (χ2v) is 16.4. The predicted octanol–water partition coefficient (Wildman–Crippen LogP) is 3.02. The monoisotopic (exact) mass is 558 g/mol. The fourth-order valence-corrected chi connectivity index (χ4v) is 10.7. The topological polar surface area (TPSA) is 104 Å². The molecule has 9 heteroatoms. The van der Waals surface area contributed by atoms with Gasteiger partial charge in [-0.05, 0) is 15.4 Å². The summed E-state index contributed by atoms with van der Waals surface area (Å²) in [7, 11) is -1.37. The number of rotatable bonds is 9. The van der Waals surface area contributed by atoms with Crippen molar-refractivity contribution in [2.24, 2.45) is 5.41 Å². The fourth-order valence-electron chi connectivity index (χ4n) is 6.15. The van der Waals surface area contributed by atoms with E-state index in [1.165, 1.54) is 0 Å². The SMILES string of the molecule is CO[C@@H]1[C@@H](O)[C@@H]([C@H](O)CO[Si](c2ccccc2)(c2ccccc2)C(C)(C)C)O[C@H](C[C@H]2COC(=O)O2)C1(C)C. The average Bonchev–Trinajstić information content (AvgIpc) is 3.31. The highest BCUT2D eigenvalue weighted by molar-refractivity contribution is 6.99. The Bertz CT molecular complexity index is 1050. The Morgan fingerprint density at radius 2 is 1.62 bits per heavy atom. The molecule has 214 valence electrons. The maximum atomic E-state index is 11.5. The van der Waals surface area contributed by atoms with Gasteiger partial charge in [0, 0.05) is 18.9 Å². The maximum absolute atomic E-state index is 11.5. The first-order chi connectivity index (χ1) is 18.4. The Kier molecular flexibility index (Phi) is 8.90. The molecule has 2 aliphatic rings. The number of ether oxygens (including phenoxy) is 4. The van der Waals surface area contributed by atoms with Crippen molar-refractivity contribution in [3.63, 3.8) is 0 Å². The molecule has 2 N–H and O–H groups in total. The van der Waals surface area contributed by atoms with E-state index in [0.717, 1.165) is 10.4 Å². The van der Waals surface area contributed by atoms with Crippen LogP contribution in [-0.4, -0.2) is 81.6 Å². The van der Waals surface area contributed by atoms with Crippen LogP contribution in [0.15, 0.2) is 60.7 Å². The van der Waals surface area contributed by atoms with E-state index in [2.05, 4.69) is 45.0 Å². The third-order valence-electron chi connectivity index (χ3n) is 8.18. The summed E-state index contributed by atoms with van der Waals surface area (Å²) in [6.07, 6.45) is -5.12. The van der Waals surface area contributed by atoms with E-state index in [1.54, 1.807) is 7.11 Å². The summed E-state index contributed by atoms with van der Waals surface area (Å²) in [4.78, 5) is 11.5. The van der Waals surface area contributed by atoms with Gasteiger partial charge >= 0.3 is 6.16 Å². The Labute approximate surface area is 232 Å². The maximum Gasteiger partial charge on any atom is 0.508 e. The first-order valence-corrected chi connectivity index (χ1v) is 15.5. The van der Waals surface area contributed by atoms with Gasteiger partial charge in [0.05, 0.1) is 18.8 Å². The van der Waals surface area contributed by atoms with Crippen LogP contribution in [0, 0.1) is 5.41 Å². The molecule has 0 aliphatic carbocycles. The van der Waals surface area contributed by atoms with Crippen LogP contribution in [0.3, 0.4) is 0 Å². The van der Waals surface area contributed by atoms with Gasteiger partial charge in [0.2, 0.25) is 0 Å². The van der Waals surface area contributed by atoms with E-state index in [1.807, 2.05) is 50.2 Å². The highest BCUT2D eigenvalue weighted by atomic mass is 28.4. The van der Waals surface area contributed by atoms with Gasteiger partial charge in [0.15, 0.2) is 0 Å².